The third-order valence-electron chi connectivity index (χ3n) is 4.86. The van der Waals surface area contributed by atoms with Crippen molar-refractivity contribution in [3.8, 4) is 5.75 Å². The summed E-state index contributed by atoms with van der Waals surface area (Å²) in [6.07, 6.45) is 4.18. The molecule has 0 spiro atoms. The van der Waals surface area contributed by atoms with E-state index in [-0.39, 0.29) is 35.2 Å². The van der Waals surface area contributed by atoms with Gasteiger partial charge in [0.1, 0.15) is 5.69 Å². The molecule has 0 amide bonds. The van der Waals surface area contributed by atoms with Crippen molar-refractivity contribution in [1.82, 2.24) is 4.57 Å². The number of aromatic nitrogens is 1. The van der Waals surface area contributed by atoms with Gasteiger partial charge < -0.3 is 28.1 Å². The Kier molecular flexibility index (Phi) is 7.29. The fraction of sp³-hybridized carbons (Fsp3) is 0.421. The molecule has 0 saturated carbocycles. The van der Waals surface area contributed by atoms with Crippen LogP contribution in [0.15, 0.2) is 10.9 Å². The second-order valence-electron chi connectivity index (χ2n) is 6.11. The number of benzene rings is 1. The molecule has 0 atom stereocenters. The van der Waals surface area contributed by atoms with Crippen molar-refractivity contribution >= 4 is 16.6 Å². The van der Waals surface area contributed by atoms with Gasteiger partial charge in [0.05, 0.1) is 18.0 Å². The van der Waals surface area contributed by atoms with Crippen LogP contribution in [0, 0.1) is 33.5 Å². The van der Waals surface area contributed by atoms with Gasteiger partial charge in [-0.05, 0) is 19.9 Å². The second-order valence-corrected chi connectivity index (χ2v) is 6.11. The SMILES string of the molecule is COc1c(N2C[CH-]CCC2)c(F)cc2c(=O)c(C)c(C)n(C)c12.[CH3-].[Nb+2]. The molecule has 0 aliphatic carbocycles. The maximum Gasteiger partial charge on any atom is 2.00 e. The summed E-state index contributed by atoms with van der Waals surface area (Å²) in [5.74, 6) is 0.0444. The van der Waals surface area contributed by atoms with Crippen LogP contribution < -0.4 is 15.1 Å². The van der Waals surface area contributed by atoms with Gasteiger partial charge in [0.15, 0.2) is 17.0 Å². The molecule has 4 nitrogen and oxygen atoms in total. The van der Waals surface area contributed by atoms with E-state index in [0.29, 0.717) is 34.4 Å². The maximum atomic E-state index is 14.8. The minimum Gasteiger partial charge on any atom is -0.492 e. The molecule has 1 aromatic carbocycles. The van der Waals surface area contributed by atoms with Crippen molar-refractivity contribution in [2.75, 3.05) is 25.1 Å². The fourth-order valence-electron chi connectivity index (χ4n) is 3.35. The van der Waals surface area contributed by atoms with Gasteiger partial charge in [0, 0.05) is 24.8 Å². The minimum absolute atomic E-state index is 0. The van der Waals surface area contributed by atoms with Crippen LogP contribution in [0.25, 0.3) is 10.9 Å². The Labute approximate surface area is 164 Å². The van der Waals surface area contributed by atoms with Crippen molar-refractivity contribution in [2.24, 2.45) is 7.05 Å². The Balaban J connectivity index is 0.00000156. The van der Waals surface area contributed by atoms with Crippen LogP contribution in [0.3, 0.4) is 0 Å². The molecule has 1 aromatic heterocycles. The number of rotatable bonds is 2. The Morgan fingerprint density at radius 3 is 2.56 bits per heavy atom. The Morgan fingerprint density at radius 2 is 2.00 bits per heavy atom. The smallest absolute Gasteiger partial charge is 0.492 e. The average molecular weight is 425 g/mol. The standard InChI is InChI=1S/C18H22FN2O2.CH3.Nb/c1-11-12(2)20(3)15-13(17(11)22)10-14(19)16(18(15)23-4)21-8-6-5-7-9-21;;/h6,10H,5,7-9H2,1-4H3;1H3;/q2*-1;+2. The van der Waals surface area contributed by atoms with Crippen LogP contribution in [0.4, 0.5) is 10.1 Å². The van der Waals surface area contributed by atoms with Crippen molar-refractivity contribution in [3.05, 3.63) is 47.2 Å². The van der Waals surface area contributed by atoms with E-state index in [1.165, 1.54) is 13.2 Å². The minimum atomic E-state index is -0.398. The molecule has 2 aromatic rings. The normalized spacial score (nSPS) is 14.0. The number of methoxy groups -OCH3 is 1. The Bertz CT molecular complexity index is 827. The first-order valence-electron chi connectivity index (χ1n) is 7.90. The summed E-state index contributed by atoms with van der Waals surface area (Å²) in [6, 6.07) is 1.36. The monoisotopic (exact) mass is 425 g/mol. The van der Waals surface area contributed by atoms with Gasteiger partial charge in [-0.3, -0.25) is 4.79 Å². The van der Waals surface area contributed by atoms with Gasteiger partial charge in [-0.1, -0.05) is 6.42 Å². The van der Waals surface area contributed by atoms with Crippen LogP contribution in [-0.4, -0.2) is 24.8 Å². The molecule has 0 unspecified atom stereocenters. The summed E-state index contributed by atoms with van der Waals surface area (Å²) in [4.78, 5) is 14.5. The second kappa shape index (κ2) is 8.39. The maximum absolute atomic E-state index is 14.8. The fourth-order valence-corrected chi connectivity index (χ4v) is 3.35. The number of hydrogen-bond donors (Lipinski definition) is 0. The summed E-state index contributed by atoms with van der Waals surface area (Å²) >= 11 is 0. The van der Waals surface area contributed by atoms with E-state index in [0.717, 1.165) is 25.1 Å². The summed E-state index contributed by atoms with van der Waals surface area (Å²) in [7, 11) is 3.42. The largest absolute Gasteiger partial charge is 2.00 e. The molecule has 6 heteroatoms. The molecule has 0 bridgehead atoms. The third-order valence-corrected chi connectivity index (χ3v) is 4.86. The molecular weight excluding hydrogens is 400 g/mol. The molecule has 1 aliphatic heterocycles. The van der Waals surface area contributed by atoms with Crippen LogP contribution in [0.2, 0.25) is 0 Å². The number of aryl methyl sites for hydroxylation is 1. The predicted molar refractivity (Wildman–Crippen MR) is 97.3 cm³/mol. The van der Waals surface area contributed by atoms with Gasteiger partial charge in [-0.2, -0.15) is 6.42 Å². The first-order chi connectivity index (χ1) is 11.0. The zero-order chi connectivity index (χ0) is 16.7. The average Bonchev–Trinajstić information content (AvgIpc) is 2.57. The first-order valence-corrected chi connectivity index (χ1v) is 7.90. The molecule has 1 radical (unpaired) electrons. The number of piperidine rings is 1. The van der Waals surface area contributed by atoms with Crippen molar-refractivity contribution in [1.29, 1.82) is 0 Å². The predicted octanol–water partition coefficient (Wildman–Crippen LogP) is 3.56. The number of nitrogens with zero attached hydrogens (tertiary/aromatic N) is 2. The summed E-state index contributed by atoms with van der Waals surface area (Å²) in [6.45, 7) is 5.15. The topological polar surface area (TPSA) is 34.5 Å². The van der Waals surface area contributed by atoms with Crippen LogP contribution >= 0.6 is 0 Å². The van der Waals surface area contributed by atoms with E-state index in [1.807, 2.05) is 23.4 Å². The molecule has 135 valence electrons. The molecule has 2 heterocycles. The Morgan fingerprint density at radius 1 is 1.32 bits per heavy atom. The van der Waals surface area contributed by atoms with Crippen molar-refractivity contribution in [3.63, 3.8) is 0 Å². The van der Waals surface area contributed by atoms with E-state index in [1.54, 1.807) is 6.92 Å². The van der Waals surface area contributed by atoms with Gasteiger partial charge in [0.25, 0.3) is 0 Å². The zero-order valence-corrected chi connectivity index (χ0v) is 17.7. The number of fused-ring (bicyclic) bond motifs is 1. The molecule has 0 N–H and O–H groups in total. The van der Waals surface area contributed by atoms with Gasteiger partial charge in [-0.15, -0.1) is 6.54 Å². The van der Waals surface area contributed by atoms with Crippen LogP contribution in [0.5, 0.6) is 5.75 Å². The van der Waals surface area contributed by atoms with Crippen molar-refractivity contribution in [2.45, 2.75) is 26.7 Å². The molecule has 1 aliphatic rings. The summed E-state index contributed by atoms with van der Waals surface area (Å²) < 4.78 is 22.3. The molecule has 1 fully saturated rings. The van der Waals surface area contributed by atoms with Gasteiger partial charge in [0.2, 0.25) is 0 Å². The number of pyridine rings is 1. The summed E-state index contributed by atoms with van der Waals surface area (Å²) in [5.41, 5.74) is 2.48. The quantitative estimate of drug-likeness (QED) is 0.545. The molecule has 1 saturated heterocycles. The van der Waals surface area contributed by atoms with Crippen molar-refractivity contribution < 1.29 is 31.5 Å². The molecule has 25 heavy (non-hydrogen) atoms. The molecule has 3 rings (SSSR count). The van der Waals surface area contributed by atoms with Crippen LogP contribution in [0.1, 0.15) is 24.1 Å². The number of halogens is 1. The third kappa shape index (κ3) is 3.50. The zero-order valence-electron chi connectivity index (χ0n) is 15.5. The van der Waals surface area contributed by atoms with Gasteiger partial charge >= 0.3 is 22.4 Å². The number of hydrogen-bond acceptors (Lipinski definition) is 3. The van der Waals surface area contributed by atoms with E-state index >= 15 is 0 Å². The number of ether oxygens (including phenoxy) is 1. The van der Waals surface area contributed by atoms with E-state index in [9.17, 15) is 9.18 Å². The Hall–Kier alpha value is -1.30. The summed E-state index contributed by atoms with van der Waals surface area (Å²) in [5, 5.41) is 0.370. The van der Waals surface area contributed by atoms with E-state index in [2.05, 4.69) is 6.42 Å². The number of anilines is 1. The first kappa shape index (κ1) is 21.7. The van der Waals surface area contributed by atoms with Gasteiger partial charge in [-0.25, -0.2) is 4.39 Å². The molecular formula is C19H25FN2NbO2. The van der Waals surface area contributed by atoms with Crippen LogP contribution in [-0.2, 0) is 29.4 Å². The van der Waals surface area contributed by atoms with E-state index in [4.69, 9.17) is 4.74 Å². The van der Waals surface area contributed by atoms with E-state index < -0.39 is 5.82 Å².